The largest absolute Gasteiger partial charge is 0.461 e. The Balaban J connectivity index is 1.93. The van der Waals surface area contributed by atoms with Gasteiger partial charge in [-0.05, 0) is 18.2 Å². The Bertz CT molecular complexity index is 682. The third kappa shape index (κ3) is 2.05. The van der Waals surface area contributed by atoms with E-state index in [9.17, 15) is 9.59 Å². The third-order valence-electron chi connectivity index (χ3n) is 3.37. The molecule has 0 N–H and O–H groups in total. The summed E-state index contributed by atoms with van der Waals surface area (Å²) in [6, 6.07) is 10.4. The maximum Gasteiger partial charge on any atom is 0.339 e. The number of ether oxygens (including phenoxy) is 1. The maximum atomic E-state index is 12.1. The van der Waals surface area contributed by atoms with Crippen molar-refractivity contribution in [3.05, 3.63) is 66.1 Å². The minimum absolute atomic E-state index is 0.137. The van der Waals surface area contributed by atoms with Crippen LogP contribution >= 0.6 is 0 Å². The van der Waals surface area contributed by atoms with Crippen LogP contribution in [0.4, 0.5) is 0 Å². The first-order valence-electron chi connectivity index (χ1n) is 6.23. The fourth-order valence-electron chi connectivity index (χ4n) is 2.31. The minimum Gasteiger partial charge on any atom is -0.461 e. The summed E-state index contributed by atoms with van der Waals surface area (Å²) in [6.45, 7) is 3.75. The van der Waals surface area contributed by atoms with Crippen LogP contribution in [-0.2, 0) is 4.79 Å². The molecule has 0 unspecified atom stereocenters. The number of hydrogen-bond donors (Lipinski definition) is 0. The van der Waals surface area contributed by atoms with Crippen molar-refractivity contribution in [2.45, 2.75) is 12.3 Å². The number of esters is 1. The summed E-state index contributed by atoms with van der Waals surface area (Å²) >= 11 is 0. The molecule has 1 aliphatic rings. The van der Waals surface area contributed by atoms with Crippen molar-refractivity contribution in [1.29, 1.82) is 0 Å². The molecule has 4 heteroatoms. The Hall–Kier alpha value is -2.62. The number of hydrogen-bond acceptors (Lipinski definition) is 4. The van der Waals surface area contributed by atoms with Crippen LogP contribution in [0, 0.1) is 0 Å². The molecule has 1 atom stereocenters. The van der Waals surface area contributed by atoms with E-state index in [1.54, 1.807) is 24.3 Å². The lowest BCUT2D eigenvalue weighted by molar-refractivity contribution is -0.131. The van der Waals surface area contributed by atoms with Crippen LogP contribution in [0.5, 0.6) is 5.75 Å². The van der Waals surface area contributed by atoms with Crippen LogP contribution in [-0.4, -0.2) is 11.8 Å². The van der Waals surface area contributed by atoms with Gasteiger partial charge in [0.2, 0.25) is 0 Å². The van der Waals surface area contributed by atoms with Crippen molar-refractivity contribution >= 4 is 11.8 Å². The third-order valence-corrected chi connectivity index (χ3v) is 3.37. The highest BCUT2D eigenvalue weighted by Gasteiger charge is 2.32. The molecular formula is C16H12O4. The predicted octanol–water partition coefficient (Wildman–Crippen LogP) is 3.11. The van der Waals surface area contributed by atoms with E-state index in [0.29, 0.717) is 11.3 Å². The first-order valence-corrected chi connectivity index (χ1v) is 6.23. The molecular weight excluding hydrogens is 256 g/mol. The highest BCUT2D eigenvalue weighted by molar-refractivity contribution is 5.98. The molecule has 1 aromatic heterocycles. The fraction of sp³-hybridized carbons (Fsp3) is 0.125. The van der Waals surface area contributed by atoms with Crippen molar-refractivity contribution in [3.8, 4) is 5.75 Å². The zero-order valence-electron chi connectivity index (χ0n) is 10.7. The smallest absolute Gasteiger partial charge is 0.339 e. The van der Waals surface area contributed by atoms with Gasteiger partial charge in [0.05, 0.1) is 6.26 Å². The first kappa shape index (κ1) is 12.4. The number of furan rings is 1. The molecule has 0 bridgehead atoms. The SMILES string of the molecule is C=C1C(=O)Oc2ccccc2[C@@H]1CC(=O)c1ccco1. The Morgan fingerprint density at radius 2 is 2.00 bits per heavy atom. The lowest BCUT2D eigenvalue weighted by Crippen LogP contribution is -2.24. The molecule has 4 nitrogen and oxygen atoms in total. The van der Waals surface area contributed by atoms with Gasteiger partial charge in [-0.2, -0.15) is 0 Å². The highest BCUT2D eigenvalue weighted by Crippen LogP contribution is 2.39. The summed E-state index contributed by atoms with van der Waals surface area (Å²) in [6.07, 6.45) is 1.59. The summed E-state index contributed by atoms with van der Waals surface area (Å²) < 4.78 is 10.3. The normalized spacial score (nSPS) is 17.5. The van der Waals surface area contributed by atoms with Gasteiger partial charge in [-0.15, -0.1) is 0 Å². The van der Waals surface area contributed by atoms with E-state index in [1.807, 2.05) is 12.1 Å². The average Bonchev–Trinajstić information content (AvgIpc) is 2.98. The molecule has 0 aliphatic carbocycles. The van der Waals surface area contributed by atoms with E-state index < -0.39 is 5.97 Å². The number of carbonyl (C=O) groups excluding carboxylic acids is 2. The zero-order valence-corrected chi connectivity index (χ0v) is 10.7. The number of benzene rings is 1. The fourth-order valence-corrected chi connectivity index (χ4v) is 2.31. The number of fused-ring (bicyclic) bond motifs is 1. The summed E-state index contributed by atoms with van der Waals surface area (Å²) in [5, 5.41) is 0. The van der Waals surface area contributed by atoms with Gasteiger partial charge in [0.1, 0.15) is 5.75 Å². The molecule has 3 rings (SSSR count). The van der Waals surface area contributed by atoms with Crippen LogP contribution in [0.25, 0.3) is 0 Å². The molecule has 0 spiro atoms. The number of carbonyl (C=O) groups is 2. The van der Waals surface area contributed by atoms with E-state index in [4.69, 9.17) is 9.15 Å². The molecule has 2 heterocycles. The topological polar surface area (TPSA) is 56.5 Å². The Morgan fingerprint density at radius 3 is 2.75 bits per heavy atom. The molecule has 100 valence electrons. The van der Waals surface area contributed by atoms with E-state index in [1.165, 1.54) is 6.26 Å². The van der Waals surface area contributed by atoms with E-state index in [2.05, 4.69) is 6.58 Å². The van der Waals surface area contributed by atoms with Gasteiger partial charge in [0.25, 0.3) is 0 Å². The number of rotatable bonds is 3. The van der Waals surface area contributed by atoms with Crippen LogP contribution in [0.3, 0.4) is 0 Å². The standard InChI is InChI=1S/C16H12O4/c1-10-12(9-13(17)15-7-4-8-19-15)11-5-2-3-6-14(11)20-16(10)18/h2-8,12H,1,9H2/t12-/m1/s1. The van der Waals surface area contributed by atoms with Gasteiger partial charge in [-0.25, -0.2) is 4.79 Å². The van der Waals surface area contributed by atoms with Crippen molar-refractivity contribution in [2.75, 3.05) is 0 Å². The molecule has 0 amide bonds. The number of para-hydroxylation sites is 1. The maximum absolute atomic E-state index is 12.1. The van der Waals surface area contributed by atoms with E-state index in [-0.39, 0.29) is 23.9 Å². The second-order valence-electron chi connectivity index (χ2n) is 4.61. The van der Waals surface area contributed by atoms with Gasteiger partial charge in [-0.1, -0.05) is 24.8 Å². The number of Topliss-reactive ketones (excluding diaryl/α,β-unsaturated/α-hetero) is 1. The van der Waals surface area contributed by atoms with Crippen LogP contribution < -0.4 is 4.74 Å². The van der Waals surface area contributed by atoms with Crippen LogP contribution in [0.15, 0.2) is 59.2 Å². The monoisotopic (exact) mass is 268 g/mol. The Kier molecular flexibility index (Phi) is 2.99. The molecule has 0 radical (unpaired) electrons. The molecule has 0 saturated carbocycles. The van der Waals surface area contributed by atoms with Gasteiger partial charge >= 0.3 is 5.97 Å². The Labute approximate surface area is 115 Å². The first-order chi connectivity index (χ1) is 9.66. The number of ketones is 1. The predicted molar refractivity (Wildman–Crippen MR) is 71.6 cm³/mol. The van der Waals surface area contributed by atoms with Crippen LogP contribution in [0.2, 0.25) is 0 Å². The quantitative estimate of drug-likeness (QED) is 0.371. The zero-order chi connectivity index (χ0) is 14.1. The molecule has 1 aromatic carbocycles. The highest BCUT2D eigenvalue weighted by atomic mass is 16.5. The van der Waals surface area contributed by atoms with Gasteiger partial charge in [0.15, 0.2) is 11.5 Å². The van der Waals surface area contributed by atoms with Gasteiger partial charge in [-0.3, -0.25) is 4.79 Å². The second-order valence-corrected chi connectivity index (χ2v) is 4.61. The summed E-state index contributed by atoms with van der Waals surface area (Å²) in [4.78, 5) is 23.9. The Morgan fingerprint density at radius 1 is 1.20 bits per heavy atom. The van der Waals surface area contributed by atoms with Gasteiger partial charge in [0, 0.05) is 23.5 Å². The molecule has 20 heavy (non-hydrogen) atoms. The summed E-state index contributed by atoms with van der Waals surface area (Å²) in [5.74, 6) is -0.243. The lowest BCUT2D eigenvalue weighted by Gasteiger charge is -2.25. The van der Waals surface area contributed by atoms with E-state index >= 15 is 0 Å². The molecule has 2 aromatic rings. The molecule has 0 fully saturated rings. The minimum atomic E-state index is -0.485. The lowest BCUT2D eigenvalue weighted by atomic mass is 9.85. The summed E-state index contributed by atoms with van der Waals surface area (Å²) in [7, 11) is 0. The van der Waals surface area contributed by atoms with Crippen molar-refractivity contribution in [3.63, 3.8) is 0 Å². The van der Waals surface area contributed by atoms with Crippen molar-refractivity contribution in [2.24, 2.45) is 0 Å². The second kappa shape index (κ2) is 4.81. The molecule has 1 aliphatic heterocycles. The van der Waals surface area contributed by atoms with Crippen molar-refractivity contribution in [1.82, 2.24) is 0 Å². The summed E-state index contributed by atoms with van der Waals surface area (Å²) in [5.41, 5.74) is 1.10. The molecule has 0 saturated heterocycles. The average molecular weight is 268 g/mol. The van der Waals surface area contributed by atoms with Crippen LogP contribution in [0.1, 0.15) is 28.5 Å². The van der Waals surface area contributed by atoms with E-state index in [0.717, 1.165) is 5.56 Å². The van der Waals surface area contributed by atoms with Crippen molar-refractivity contribution < 1.29 is 18.7 Å². The van der Waals surface area contributed by atoms with Gasteiger partial charge < -0.3 is 9.15 Å².